The predicted molar refractivity (Wildman–Crippen MR) is 73.5 cm³/mol. The van der Waals surface area contributed by atoms with Crippen LogP contribution in [-0.4, -0.2) is 11.1 Å². The van der Waals surface area contributed by atoms with Crippen molar-refractivity contribution >= 4 is 17.6 Å². The van der Waals surface area contributed by atoms with Gasteiger partial charge in [0.25, 0.3) is 0 Å². The molecule has 0 atom stereocenters. The van der Waals surface area contributed by atoms with Gasteiger partial charge in [-0.1, -0.05) is 41.9 Å². The van der Waals surface area contributed by atoms with Crippen LogP contribution in [0, 0.1) is 5.82 Å². The third-order valence-electron chi connectivity index (χ3n) is 2.71. The third-order valence-corrected chi connectivity index (χ3v) is 3.01. The number of benzene rings is 2. The first kappa shape index (κ1) is 14.3. The smallest absolute Gasteiger partial charge is 0.308 e. The van der Waals surface area contributed by atoms with E-state index in [1.54, 1.807) is 0 Å². The maximum atomic E-state index is 13.7. The van der Waals surface area contributed by atoms with Gasteiger partial charge in [0.1, 0.15) is 18.2 Å². The molecule has 0 heterocycles. The van der Waals surface area contributed by atoms with Crippen molar-refractivity contribution in [2.24, 2.45) is 0 Å². The minimum atomic E-state index is -1.14. The lowest BCUT2D eigenvalue weighted by molar-refractivity contribution is -0.136. The standard InChI is InChI=1S/C15H12ClFO3/c16-12-6-7-13(17)11(8-14(18)19)15(12)20-9-10-4-2-1-3-5-10/h1-7H,8-9H2,(H,18,19). The fraction of sp³-hybridized carbons (Fsp3) is 0.133. The van der Waals surface area contributed by atoms with Crippen molar-refractivity contribution < 1.29 is 19.0 Å². The van der Waals surface area contributed by atoms with Gasteiger partial charge in [0.2, 0.25) is 0 Å². The van der Waals surface area contributed by atoms with Gasteiger partial charge >= 0.3 is 5.97 Å². The van der Waals surface area contributed by atoms with Gasteiger partial charge in [-0.05, 0) is 17.7 Å². The number of carboxylic acid groups (broad SMARTS) is 1. The number of carbonyl (C=O) groups is 1. The van der Waals surface area contributed by atoms with Gasteiger partial charge in [0.15, 0.2) is 0 Å². The van der Waals surface area contributed by atoms with E-state index in [2.05, 4.69) is 0 Å². The highest BCUT2D eigenvalue weighted by Gasteiger charge is 2.17. The monoisotopic (exact) mass is 294 g/mol. The van der Waals surface area contributed by atoms with Crippen molar-refractivity contribution in [2.45, 2.75) is 13.0 Å². The van der Waals surface area contributed by atoms with E-state index >= 15 is 0 Å². The zero-order valence-corrected chi connectivity index (χ0v) is 11.2. The van der Waals surface area contributed by atoms with Gasteiger partial charge in [-0.25, -0.2) is 4.39 Å². The van der Waals surface area contributed by atoms with Gasteiger partial charge in [-0.2, -0.15) is 0 Å². The van der Waals surface area contributed by atoms with E-state index in [1.807, 2.05) is 30.3 Å². The van der Waals surface area contributed by atoms with Crippen molar-refractivity contribution in [3.63, 3.8) is 0 Å². The second kappa shape index (κ2) is 6.39. The van der Waals surface area contributed by atoms with Crippen LogP contribution >= 0.6 is 11.6 Å². The second-order valence-corrected chi connectivity index (χ2v) is 4.59. The largest absolute Gasteiger partial charge is 0.487 e. The van der Waals surface area contributed by atoms with E-state index in [4.69, 9.17) is 21.4 Å². The molecule has 0 radical (unpaired) electrons. The molecular formula is C15H12ClFO3. The van der Waals surface area contributed by atoms with Crippen molar-refractivity contribution in [2.75, 3.05) is 0 Å². The molecule has 3 nitrogen and oxygen atoms in total. The highest BCUT2D eigenvalue weighted by Crippen LogP contribution is 2.32. The number of hydrogen-bond acceptors (Lipinski definition) is 2. The lowest BCUT2D eigenvalue weighted by Crippen LogP contribution is -2.07. The van der Waals surface area contributed by atoms with Crippen LogP contribution in [0.1, 0.15) is 11.1 Å². The molecule has 1 N–H and O–H groups in total. The Kier molecular flexibility index (Phi) is 4.58. The predicted octanol–water partition coefficient (Wildman–Crippen LogP) is 3.69. The molecule has 0 unspecified atom stereocenters. The van der Waals surface area contributed by atoms with Crippen LogP contribution in [-0.2, 0) is 17.8 Å². The quantitative estimate of drug-likeness (QED) is 0.915. The molecule has 0 aliphatic rings. The highest BCUT2D eigenvalue weighted by molar-refractivity contribution is 6.32. The van der Waals surface area contributed by atoms with Crippen molar-refractivity contribution in [3.8, 4) is 5.75 Å². The molecule has 0 saturated heterocycles. The molecule has 20 heavy (non-hydrogen) atoms. The Morgan fingerprint density at radius 3 is 2.55 bits per heavy atom. The summed E-state index contributed by atoms with van der Waals surface area (Å²) < 4.78 is 19.2. The van der Waals surface area contributed by atoms with Gasteiger partial charge in [-0.3, -0.25) is 4.79 Å². The Labute approximate surface area is 120 Å². The van der Waals surface area contributed by atoms with E-state index in [0.717, 1.165) is 11.6 Å². The summed E-state index contributed by atoms with van der Waals surface area (Å²) in [6.07, 6.45) is -0.476. The van der Waals surface area contributed by atoms with Crippen LogP contribution in [0.3, 0.4) is 0 Å². The Morgan fingerprint density at radius 1 is 1.20 bits per heavy atom. The molecule has 0 saturated carbocycles. The Morgan fingerprint density at radius 2 is 1.90 bits per heavy atom. The second-order valence-electron chi connectivity index (χ2n) is 4.18. The van der Waals surface area contributed by atoms with Gasteiger partial charge < -0.3 is 9.84 Å². The molecule has 0 aliphatic heterocycles. The number of halogens is 2. The van der Waals surface area contributed by atoms with Crippen molar-refractivity contribution in [1.29, 1.82) is 0 Å². The fourth-order valence-corrected chi connectivity index (χ4v) is 2.01. The van der Waals surface area contributed by atoms with Gasteiger partial charge in [0, 0.05) is 5.56 Å². The van der Waals surface area contributed by atoms with Crippen molar-refractivity contribution in [1.82, 2.24) is 0 Å². The number of aliphatic carboxylic acids is 1. The van der Waals surface area contributed by atoms with E-state index in [9.17, 15) is 9.18 Å². The molecule has 2 rings (SSSR count). The number of hydrogen-bond donors (Lipinski definition) is 1. The van der Waals surface area contributed by atoms with E-state index in [1.165, 1.54) is 6.07 Å². The molecule has 2 aromatic carbocycles. The zero-order valence-electron chi connectivity index (χ0n) is 10.5. The van der Waals surface area contributed by atoms with Crippen LogP contribution < -0.4 is 4.74 Å². The maximum absolute atomic E-state index is 13.7. The van der Waals surface area contributed by atoms with Crippen LogP contribution in [0.15, 0.2) is 42.5 Å². The average molecular weight is 295 g/mol. The zero-order chi connectivity index (χ0) is 14.5. The van der Waals surface area contributed by atoms with Gasteiger partial charge in [0.05, 0.1) is 11.4 Å². The molecule has 0 amide bonds. The Bertz CT molecular complexity index is 614. The molecular weight excluding hydrogens is 283 g/mol. The number of rotatable bonds is 5. The summed E-state index contributed by atoms with van der Waals surface area (Å²) in [5, 5.41) is 9.02. The van der Waals surface area contributed by atoms with Crippen LogP contribution in [0.2, 0.25) is 5.02 Å². The lowest BCUT2D eigenvalue weighted by Gasteiger charge is -2.13. The molecule has 0 bridgehead atoms. The van der Waals surface area contributed by atoms with Crippen LogP contribution in [0.5, 0.6) is 5.75 Å². The molecule has 0 fully saturated rings. The molecule has 0 aromatic heterocycles. The molecule has 0 spiro atoms. The SMILES string of the molecule is O=C(O)Cc1c(F)ccc(Cl)c1OCc1ccccc1. The topological polar surface area (TPSA) is 46.5 Å². The van der Waals surface area contributed by atoms with Crippen LogP contribution in [0.25, 0.3) is 0 Å². The highest BCUT2D eigenvalue weighted by atomic mass is 35.5. The molecule has 104 valence electrons. The first-order valence-corrected chi connectivity index (χ1v) is 6.31. The summed E-state index contributed by atoms with van der Waals surface area (Å²) in [6.45, 7) is 0.191. The first-order valence-electron chi connectivity index (χ1n) is 5.93. The minimum Gasteiger partial charge on any atom is -0.487 e. The molecule has 0 aliphatic carbocycles. The average Bonchev–Trinajstić information content (AvgIpc) is 2.43. The van der Waals surface area contributed by atoms with E-state index in [-0.39, 0.29) is 22.9 Å². The lowest BCUT2D eigenvalue weighted by atomic mass is 10.1. The Balaban J connectivity index is 2.25. The van der Waals surface area contributed by atoms with E-state index < -0.39 is 18.2 Å². The first-order chi connectivity index (χ1) is 9.58. The summed E-state index contributed by atoms with van der Waals surface area (Å²) in [6, 6.07) is 11.8. The fourth-order valence-electron chi connectivity index (χ4n) is 1.78. The van der Waals surface area contributed by atoms with Gasteiger partial charge in [-0.15, -0.1) is 0 Å². The summed E-state index contributed by atoms with van der Waals surface area (Å²) in [4.78, 5) is 10.8. The Hall–Kier alpha value is -2.07. The van der Waals surface area contributed by atoms with Crippen LogP contribution in [0.4, 0.5) is 4.39 Å². The summed E-state index contributed by atoms with van der Waals surface area (Å²) >= 11 is 5.97. The molecule has 5 heteroatoms. The van der Waals surface area contributed by atoms with E-state index in [0.29, 0.717) is 0 Å². The maximum Gasteiger partial charge on any atom is 0.308 e. The number of ether oxygens (including phenoxy) is 1. The summed E-state index contributed by atoms with van der Waals surface area (Å²) in [5.74, 6) is -1.70. The number of carboxylic acids is 1. The summed E-state index contributed by atoms with van der Waals surface area (Å²) in [7, 11) is 0. The summed E-state index contributed by atoms with van der Waals surface area (Å²) in [5.41, 5.74) is 0.843. The van der Waals surface area contributed by atoms with Crippen molar-refractivity contribution in [3.05, 3.63) is 64.4 Å². The third kappa shape index (κ3) is 3.48. The normalized spacial score (nSPS) is 10.3. The molecule has 2 aromatic rings. The minimum absolute atomic E-state index is 0.0408.